The molecule has 12 heavy (non-hydrogen) atoms. The van der Waals surface area contributed by atoms with E-state index < -0.39 is 22.9 Å². The summed E-state index contributed by atoms with van der Waals surface area (Å²) in [6.07, 6.45) is 0. The maximum absolute atomic E-state index is 13.3. The van der Waals surface area contributed by atoms with Gasteiger partial charge in [0.25, 0.3) is 5.79 Å². The van der Waals surface area contributed by atoms with E-state index in [0.717, 1.165) is 0 Å². The molecule has 0 bridgehead atoms. The van der Waals surface area contributed by atoms with Gasteiger partial charge in [-0.1, -0.05) is 0 Å². The molecule has 0 aromatic heterocycles. The first-order valence-electron chi connectivity index (χ1n) is 3.35. The van der Waals surface area contributed by atoms with E-state index in [-0.39, 0.29) is 6.61 Å². The van der Waals surface area contributed by atoms with Crippen LogP contribution in [-0.4, -0.2) is 34.7 Å². The molecule has 6 heteroatoms. The Hall–Kier alpha value is -0.200. The van der Waals surface area contributed by atoms with Crippen molar-refractivity contribution in [2.24, 2.45) is 0 Å². The molecule has 0 aliphatic carbocycles. The summed E-state index contributed by atoms with van der Waals surface area (Å²) in [6.45, 7) is 1.16. The lowest BCUT2D eigenvalue weighted by Crippen LogP contribution is -2.49. The average Bonchev–Trinajstić information content (AvgIpc) is 2.16. The zero-order valence-electron chi connectivity index (χ0n) is 6.34. The number of hydrogen-bond donors (Lipinski definition) is 1. The molecule has 70 valence electrons. The minimum absolute atomic E-state index is 0.0877. The molecular weight excluding hydrogens is 235 g/mol. The summed E-state index contributed by atoms with van der Waals surface area (Å²) in [5, 5.41) is 9.40. The van der Waals surface area contributed by atoms with Crippen LogP contribution in [0.4, 0.5) is 4.39 Å². The lowest BCUT2D eigenvalue weighted by Gasteiger charge is -2.25. The van der Waals surface area contributed by atoms with Crippen molar-refractivity contribution in [3.05, 3.63) is 0 Å². The van der Waals surface area contributed by atoms with E-state index in [1.54, 1.807) is 6.92 Å². The molecule has 1 aliphatic heterocycles. The Kier molecular flexibility index (Phi) is 2.42. The van der Waals surface area contributed by atoms with Gasteiger partial charge in [-0.25, -0.2) is 9.18 Å². The number of ether oxygens (including phenoxy) is 2. The van der Waals surface area contributed by atoms with Gasteiger partial charge >= 0.3 is 10.5 Å². The molecule has 0 amide bonds. The van der Waals surface area contributed by atoms with Crippen molar-refractivity contribution in [2.45, 2.75) is 17.3 Å². The largest absolute Gasteiger partial charge is 0.457 e. The Morgan fingerprint density at radius 1 is 1.92 bits per heavy atom. The van der Waals surface area contributed by atoms with Crippen molar-refractivity contribution in [2.75, 3.05) is 13.2 Å². The number of esters is 1. The van der Waals surface area contributed by atoms with Gasteiger partial charge in [0.05, 0.1) is 0 Å². The number of alkyl halides is 2. The van der Waals surface area contributed by atoms with Crippen LogP contribution in [0.25, 0.3) is 0 Å². The summed E-state index contributed by atoms with van der Waals surface area (Å²) in [5.74, 6) is -3.38. The Morgan fingerprint density at radius 2 is 2.50 bits per heavy atom. The fourth-order valence-electron chi connectivity index (χ4n) is 0.875. The highest BCUT2D eigenvalue weighted by molar-refractivity contribution is 9.10. The fourth-order valence-corrected chi connectivity index (χ4v) is 1.22. The van der Waals surface area contributed by atoms with Crippen molar-refractivity contribution in [1.82, 2.24) is 0 Å². The number of carbonyl (C=O) groups excluding carboxylic acids is 1. The van der Waals surface area contributed by atoms with Crippen molar-refractivity contribution in [3.63, 3.8) is 0 Å². The molecule has 0 aromatic rings. The quantitative estimate of drug-likeness (QED) is 0.431. The SMILES string of the molecule is CCO[C@]1(O)COC(=O)[C@@]1(F)Br. The normalized spacial score (nSPS) is 41.5. The van der Waals surface area contributed by atoms with Gasteiger partial charge in [0.2, 0.25) is 0 Å². The van der Waals surface area contributed by atoms with Crippen LogP contribution < -0.4 is 0 Å². The molecule has 0 saturated carbocycles. The highest BCUT2D eigenvalue weighted by Gasteiger charge is 2.64. The third kappa shape index (κ3) is 1.23. The minimum Gasteiger partial charge on any atom is -0.457 e. The predicted octanol–water partition coefficient (Wildman–Crippen LogP) is 0.329. The first-order chi connectivity index (χ1) is 5.44. The number of cyclic esters (lactones) is 1. The summed E-state index contributed by atoms with van der Waals surface area (Å²) in [4.78, 5) is 10.7. The number of carbonyl (C=O) groups is 1. The molecule has 0 radical (unpaired) electrons. The minimum atomic E-state index is -2.66. The third-order valence-corrected chi connectivity index (χ3v) is 2.47. The molecule has 0 spiro atoms. The van der Waals surface area contributed by atoms with Crippen LogP contribution in [0.15, 0.2) is 0 Å². The van der Waals surface area contributed by atoms with Gasteiger partial charge in [0, 0.05) is 6.61 Å². The summed E-state index contributed by atoms with van der Waals surface area (Å²) >= 11 is 2.42. The highest BCUT2D eigenvalue weighted by Crippen LogP contribution is 2.40. The van der Waals surface area contributed by atoms with Crippen LogP contribution >= 0.6 is 15.9 Å². The summed E-state index contributed by atoms with van der Waals surface area (Å²) in [7, 11) is 0. The molecule has 0 aromatic carbocycles. The summed E-state index contributed by atoms with van der Waals surface area (Å²) < 4.78 is 19.6. The second-order valence-corrected chi connectivity index (χ2v) is 3.46. The second-order valence-electron chi connectivity index (χ2n) is 2.37. The van der Waals surface area contributed by atoms with E-state index in [1.165, 1.54) is 0 Å². The van der Waals surface area contributed by atoms with Crippen molar-refractivity contribution in [3.8, 4) is 0 Å². The van der Waals surface area contributed by atoms with Crippen LogP contribution in [-0.2, 0) is 14.3 Å². The molecule has 1 aliphatic rings. The molecule has 1 saturated heterocycles. The van der Waals surface area contributed by atoms with Crippen LogP contribution in [0.3, 0.4) is 0 Å². The first kappa shape index (κ1) is 9.88. The summed E-state index contributed by atoms with van der Waals surface area (Å²) in [5.41, 5.74) is 0. The number of halogens is 2. The maximum Gasteiger partial charge on any atom is 0.361 e. The van der Waals surface area contributed by atoms with E-state index in [0.29, 0.717) is 0 Å². The molecule has 2 atom stereocenters. The predicted molar refractivity (Wildman–Crippen MR) is 40.3 cm³/mol. The smallest absolute Gasteiger partial charge is 0.361 e. The molecule has 1 rings (SSSR count). The first-order valence-corrected chi connectivity index (χ1v) is 4.14. The average molecular weight is 243 g/mol. The van der Waals surface area contributed by atoms with Crippen molar-refractivity contribution < 1.29 is 23.8 Å². The number of hydrogen-bond acceptors (Lipinski definition) is 4. The van der Waals surface area contributed by atoms with E-state index in [4.69, 9.17) is 0 Å². The molecule has 4 nitrogen and oxygen atoms in total. The van der Waals surface area contributed by atoms with Gasteiger partial charge in [0.15, 0.2) is 6.61 Å². The Bertz CT molecular complexity index is 208. The lowest BCUT2D eigenvalue weighted by atomic mass is 10.2. The van der Waals surface area contributed by atoms with Crippen LogP contribution in [0.1, 0.15) is 6.92 Å². The molecule has 1 N–H and O–H groups in total. The highest BCUT2D eigenvalue weighted by atomic mass is 79.9. The van der Waals surface area contributed by atoms with E-state index in [2.05, 4.69) is 25.4 Å². The zero-order valence-corrected chi connectivity index (χ0v) is 7.93. The van der Waals surface area contributed by atoms with Gasteiger partial charge in [-0.2, -0.15) is 0 Å². The van der Waals surface area contributed by atoms with Crippen molar-refractivity contribution >= 4 is 21.9 Å². The van der Waals surface area contributed by atoms with Crippen LogP contribution in [0.2, 0.25) is 0 Å². The number of rotatable bonds is 2. The summed E-state index contributed by atoms with van der Waals surface area (Å²) in [6, 6.07) is 0. The monoisotopic (exact) mass is 242 g/mol. The van der Waals surface area contributed by atoms with E-state index in [9.17, 15) is 14.3 Å². The topological polar surface area (TPSA) is 55.8 Å². The van der Waals surface area contributed by atoms with Crippen LogP contribution in [0, 0.1) is 0 Å². The standard InChI is InChI=1S/C6H8BrFO4/c1-2-12-5(10)3-11-4(9)6(5,7)8/h10H,2-3H2,1H3/t5-,6+/m1/s1. The Morgan fingerprint density at radius 3 is 2.83 bits per heavy atom. The molecule has 1 fully saturated rings. The van der Waals surface area contributed by atoms with Gasteiger partial charge in [0.1, 0.15) is 0 Å². The molecular formula is C6H8BrFO4. The number of aliphatic hydroxyl groups is 1. The van der Waals surface area contributed by atoms with Crippen LogP contribution in [0.5, 0.6) is 0 Å². The van der Waals surface area contributed by atoms with E-state index in [1.807, 2.05) is 0 Å². The second kappa shape index (κ2) is 2.93. The van der Waals surface area contributed by atoms with Gasteiger partial charge in [-0.05, 0) is 22.9 Å². The Balaban J connectivity index is 2.85. The van der Waals surface area contributed by atoms with Gasteiger partial charge in [-0.15, -0.1) is 0 Å². The maximum atomic E-state index is 13.3. The zero-order chi connectivity index (χ0) is 9.41. The van der Waals surface area contributed by atoms with Gasteiger partial charge in [-0.3, -0.25) is 0 Å². The molecule has 1 heterocycles. The van der Waals surface area contributed by atoms with Gasteiger partial charge < -0.3 is 14.6 Å². The van der Waals surface area contributed by atoms with E-state index >= 15 is 0 Å². The fraction of sp³-hybridized carbons (Fsp3) is 0.833. The van der Waals surface area contributed by atoms with Crippen molar-refractivity contribution in [1.29, 1.82) is 0 Å². The lowest BCUT2D eigenvalue weighted by molar-refractivity contribution is -0.228. The third-order valence-electron chi connectivity index (χ3n) is 1.53. The Labute approximate surface area is 76.8 Å². The molecule has 0 unspecified atom stereocenters.